The maximum atomic E-state index is 12.4. The number of nitrogens with one attached hydrogen (secondary N) is 1. The highest BCUT2D eigenvalue weighted by Crippen LogP contribution is 2.18. The van der Waals surface area contributed by atoms with E-state index >= 15 is 0 Å². The van der Waals surface area contributed by atoms with Gasteiger partial charge < -0.3 is 5.32 Å². The topological polar surface area (TPSA) is 110 Å². The van der Waals surface area contributed by atoms with Crippen molar-refractivity contribution in [1.82, 2.24) is 29.4 Å². The lowest BCUT2D eigenvalue weighted by Gasteiger charge is -2.30. The average molecular weight is 364 g/mol. The van der Waals surface area contributed by atoms with Gasteiger partial charge in [0.1, 0.15) is 18.5 Å². The molecule has 10 heteroatoms. The molecule has 3 heterocycles. The second kappa shape index (κ2) is 7.28. The van der Waals surface area contributed by atoms with Crippen LogP contribution in [0.5, 0.6) is 0 Å². The predicted octanol–water partition coefficient (Wildman–Crippen LogP) is 0.0637. The van der Waals surface area contributed by atoms with Crippen molar-refractivity contribution in [1.29, 1.82) is 0 Å². The van der Waals surface area contributed by atoms with Crippen molar-refractivity contribution in [3.8, 4) is 5.82 Å². The molecule has 3 rings (SSSR count). The van der Waals surface area contributed by atoms with E-state index in [9.17, 15) is 13.2 Å². The van der Waals surface area contributed by atoms with Crippen LogP contribution in [0.1, 0.15) is 23.2 Å². The molecule has 25 heavy (non-hydrogen) atoms. The van der Waals surface area contributed by atoms with Gasteiger partial charge in [0, 0.05) is 31.4 Å². The molecule has 0 aromatic carbocycles. The normalized spacial score (nSPS) is 18.8. The minimum absolute atomic E-state index is 0.117. The number of hydrogen-bond acceptors (Lipinski definition) is 6. The molecule has 0 saturated carbocycles. The zero-order valence-electron chi connectivity index (χ0n) is 13.9. The summed E-state index contributed by atoms with van der Waals surface area (Å²) >= 11 is 0. The number of rotatable bonds is 5. The predicted molar refractivity (Wildman–Crippen MR) is 90.6 cm³/mol. The largest absolute Gasteiger partial charge is 0.352 e. The molecule has 9 nitrogen and oxygen atoms in total. The van der Waals surface area contributed by atoms with Crippen LogP contribution in [0.2, 0.25) is 0 Å². The third-order valence-electron chi connectivity index (χ3n) is 4.19. The number of carbonyl (C=O) groups is 1. The van der Waals surface area contributed by atoms with Gasteiger partial charge in [0.15, 0.2) is 0 Å². The van der Waals surface area contributed by atoms with Crippen molar-refractivity contribution in [2.75, 3.05) is 25.9 Å². The van der Waals surface area contributed by atoms with Crippen molar-refractivity contribution in [2.45, 2.75) is 12.8 Å². The Hall–Kier alpha value is -2.33. The summed E-state index contributed by atoms with van der Waals surface area (Å²) in [5.74, 6) is 0.457. The highest BCUT2D eigenvalue weighted by atomic mass is 32.2. The molecule has 1 aliphatic rings. The molecule has 0 unspecified atom stereocenters. The molecule has 1 amide bonds. The maximum Gasteiger partial charge on any atom is 0.251 e. The van der Waals surface area contributed by atoms with E-state index in [0.29, 0.717) is 31.0 Å². The van der Waals surface area contributed by atoms with Gasteiger partial charge in [-0.05, 0) is 30.9 Å². The van der Waals surface area contributed by atoms with Crippen LogP contribution >= 0.6 is 0 Å². The highest BCUT2D eigenvalue weighted by molar-refractivity contribution is 7.88. The number of aromatic nitrogens is 4. The zero-order valence-corrected chi connectivity index (χ0v) is 14.7. The second-order valence-electron chi connectivity index (χ2n) is 6.11. The molecule has 1 aliphatic heterocycles. The first-order valence-corrected chi connectivity index (χ1v) is 9.82. The molecule has 2 aromatic heterocycles. The Morgan fingerprint density at radius 1 is 1.36 bits per heavy atom. The van der Waals surface area contributed by atoms with Crippen LogP contribution in [0.4, 0.5) is 0 Å². The number of sulfonamides is 1. The van der Waals surface area contributed by atoms with Crippen LogP contribution in [-0.2, 0) is 10.0 Å². The van der Waals surface area contributed by atoms with Crippen LogP contribution in [0, 0.1) is 5.92 Å². The Labute approximate surface area is 146 Å². The first kappa shape index (κ1) is 17.5. The molecule has 134 valence electrons. The lowest BCUT2D eigenvalue weighted by molar-refractivity contribution is 0.0941. The third kappa shape index (κ3) is 4.40. The van der Waals surface area contributed by atoms with Crippen molar-refractivity contribution >= 4 is 15.9 Å². The Bertz CT molecular complexity index is 837. The summed E-state index contributed by atoms with van der Waals surface area (Å²) in [5, 5.41) is 10.3. The molecule has 0 radical (unpaired) electrons. The fraction of sp³-hybridized carbons (Fsp3) is 0.467. The fourth-order valence-corrected chi connectivity index (χ4v) is 3.80. The van der Waals surface area contributed by atoms with E-state index in [2.05, 4.69) is 20.5 Å². The Morgan fingerprint density at radius 2 is 2.12 bits per heavy atom. The molecular formula is C15H20N6O3S. The van der Waals surface area contributed by atoms with Crippen molar-refractivity contribution in [2.24, 2.45) is 5.92 Å². The molecule has 0 bridgehead atoms. The molecule has 1 N–H and O–H groups in total. The summed E-state index contributed by atoms with van der Waals surface area (Å²) in [5.41, 5.74) is 0.481. The van der Waals surface area contributed by atoms with Gasteiger partial charge in [-0.15, -0.1) is 10.2 Å². The van der Waals surface area contributed by atoms with E-state index in [0.717, 1.165) is 12.8 Å². The number of amides is 1. The average Bonchev–Trinajstić information content (AvgIpc) is 3.14. The molecule has 2 aromatic rings. The van der Waals surface area contributed by atoms with E-state index in [-0.39, 0.29) is 11.8 Å². The molecule has 0 aliphatic carbocycles. The van der Waals surface area contributed by atoms with Gasteiger partial charge in [-0.2, -0.15) is 0 Å². The first-order chi connectivity index (χ1) is 11.9. The first-order valence-electron chi connectivity index (χ1n) is 7.98. The van der Waals surface area contributed by atoms with Gasteiger partial charge in [0.05, 0.1) is 6.26 Å². The van der Waals surface area contributed by atoms with Crippen LogP contribution in [-0.4, -0.2) is 64.3 Å². The summed E-state index contributed by atoms with van der Waals surface area (Å²) in [6, 6.07) is 3.29. The van der Waals surface area contributed by atoms with Gasteiger partial charge in [-0.25, -0.2) is 17.7 Å². The standard InChI is InChI=1S/C15H20N6O3S/c1-25(23,24)21-6-2-3-12(9-21)8-17-15(22)13-4-5-16-14(7-13)20-10-18-19-11-20/h4-5,7,10-12H,2-3,6,8-9H2,1H3,(H,17,22)/t12-/m1/s1. The molecule has 1 saturated heterocycles. The van der Waals surface area contributed by atoms with E-state index in [1.807, 2.05) is 0 Å². The van der Waals surface area contributed by atoms with Gasteiger partial charge in [0.2, 0.25) is 10.0 Å². The number of piperidine rings is 1. The summed E-state index contributed by atoms with van der Waals surface area (Å²) in [7, 11) is -3.18. The van der Waals surface area contributed by atoms with Gasteiger partial charge in [-0.1, -0.05) is 0 Å². The minimum Gasteiger partial charge on any atom is -0.352 e. The van der Waals surface area contributed by atoms with Crippen LogP contribution in [0.25, 0.3) is 5.82 Å². The van der Waals surface area contributed by atoms with E-state index in [4.69, 9.17) is 0 Å². The van der Waals surface area contributed by atoms with Crippen LogP contribution < -0.4 is 5.32 Å². The third-order valence-corrected chi connectivity index (χ3v) is 5.46. The number of carbonyl (C=O) groups excluding carboxylic acids is 1. The maximum absolute atomic E-state index is 12.4. The summed E-state index contributed by atoms with van der Waals surface area (Å²) in [4.78, 5) is 16.6. The smallest absolute Gasteiger partial charge is 0.251 e. The Kier molecular flexibility index (Phi) is 5.09. The second-order valence-corrected chi connectivity index (χ2v) is 8.09. The molecule has 1 fully saturated rings. The van der Waals surface area contributed by atoms with Crippen molar-refractivity contribution in [3.63, 3.8) is 0 Å². The minimum atomic E-state index is -3.18. The fourth-order valence-electron chi connectivity index (χ4n) is 2.85. The molecule has 0 spiro atoms. The van der Waals surface area contributed by atoms with Gasteiger partial charge >= 0.3 is 0 Å². The van der Waals surface area contributed by atoms with Gasteiger partial charge in [-0.3, -0.25) is 9.36 Å². The van der Waals surface area contributed by atoms with Crippen molar-refractivity contribution in [3.05, 3.63) is 36.5 Å². The lowest BCUT2D eigenvalue weighted by atomic mass is 9.99. The summed E-state index contributed by atoms with van der Waals surface area (Å²) in [6.45, 7) is 1.44. The van der Waals surface area contributed by atoms with Crippen molar-refractivity contribution < 1.29 is 13.2 Å². The van der Waals surface area contributed by atoms with E-state index in [1.54, 1.807) is 22.9 Å². The summed E-state index contributed by atoms with van der Waals surface area (Å²) in [6.07, 6.45) is 7.49. The monoisotopic (exact) mass is 364 g/mol. The highest BCUT2D eigenvalue weighted by Gasteiger charge is 2.26. The van der Waals surface area contributed by atoms with E-state index < -0.39 is 10.0 Å². The number of nitrogens with zero attached hydrogens (tertiary/aromatic N) is 5. The molecular weight excluding hydrogens is 344 g/mol. The van der Waals surface area contributed by atoms with Crippen LogP contribution in [0.3, 0.4) is 0 Å². The lowest BCUT2D eigenvalue weighted by Crippen LogP contribution is -2.43. The molecule has 1 atom stereocenters. The van der Waals surface area contributed by atoms with Crippen LogP contribution in [0.15, 0.2) is 31.0 Å². The number of pyridine rings is 1. The Balaban J connectivity index is 1.60. The Morgan fingerprint density at radius 3 is 2.84 bits per heavy atom. The quantitative estimate of drug-likeness (QED) is 0.803. The summed E-state index contributed by atoms with van der Waals surface area (Å²) < 4.78 is 26.4. The zero-order chi connectivity index (χ0) is 17.9. The van der Waals surface area contributed by atoms with E-state index in [1.165, 1.54) is 23.2 Å². The SMILES string of the molecule is CS(=O)(=O)N1CCC[C@H](CNC(=O)c2ccnc(-n3cnnc3)c2)C1. The number of hydrogen-bond donors (Lipinski definition) is 1. The van der Waals surface area contributed by atoms with Gasteiger partial charge in [0.25, 0.3) is 5.91 Å².